The standard InChI is InChI=1S/ClH.K.Na.H3O4P.2H/c;;;1-5(2,3)4;;/h1H;;;(H3,1,2,3,4);;. The molecule has 0 fully saturated rings. The Morgan fingerprint density at radius 1 is 1.12 bits per heavy atom. The van der Waals surface area contributed by atoms with Crippen LogP contribution >= 0.6 is 20.2 Å². The fourth-order valence-corrected chi connectivity index (χ4v) is 0. The van der Waals surface area contributed by atoms with Gasteiger partial charge in [0.15, 0.2) is 0 Å². The maximum absolute atomic E-state index is 8.88. The Kier molecular flexibility index (Phi) is 28.2. The Bertz CT molecular complexity index is 62.2. The molecule has 0 aliphatic carbocycles. The van der Waals surface area contributed by atoms with Gasteiger partial charge in [-0.05, 0) is 0 Å². The summed E-state index contributed by atoms with van der Waals surface area (Å²) in [5.41, 5.74) is 0. The molecule has 3 N–H and O–H groups in total. The molecule has 0 saturated carbocycles. The fourth-order valence-electron chi connectivity index (χ4n) is 0. The maximum atomic E-state index is 8.88. The summed E-state index contributed by atoms with van der Waals surface area (Å²) < 4.78 is 8.88. The van der Waals surface area contributed by atoms with Gasteiger partial charge in [0.25, 0.3) is 0 Å². The minimum absolute atomic E-state index is 0. The molecule has 0 saturated heterocycles. The molecule has 0 spiro atoms. The Hall–Kier alpha value is 3.04. The minimum atomic E-state index is -4.64. The summed E-state index contributed by atoms with van der Waals surface area (Å²) in [5.74, 6) is 0. The predicted octanol–water partition coefficient (Wildman–Crippen LogP) is -1.80. The van der Waals surface area contributed by atoms with E-state index in [1.807, 2.05) is 0 Å². The van der Waals surface area contributed by atoms with Crippen LogP contribution in [0.1, 0.15) is 0 Å². The van der Waals surface area contributed by atoms with Crippen molar-refractivity contribution in [3.63, 3.8) is 0 Å². The predicted molar refractivity (Wildman–Crippen MR) is 35.8 cm³/mol. The fraction of sp³-hybridized carbons (Fsp3) is 0. The average molecular weight is 199 g/mol. The van der Waals surface area contributed by atoms with E-state index in [0.717, 1.165) is 0 Å². The Labute approximate surface area is 118 Å². The summed E-state index contributed by atoms with van der Waals surface area (Å²) in [7, 11) is -4.64. The van der Waals surface area contributed by atoms with Crippen LogP contribution in [0.25, 0.3) is 0 Å². The van der Waals surface area contributed by atoms with Crippen molar-refractivity contribution < 1.29 is 19.2 Å². The second-order valence-electron chi connectivity index (χ2n) is 0.513. The van der Waals surface area contributed by atoms with E-state index in [2.05, 4.69) is 0 Å². The first kappa shape index (κ1) is 22.5. The summed E-state index contributed by atoms with van der Waals surface area (Å²) in [5, 5.41) is 0. The third-order valence-corrected chi connectivity index (χ3v) is 0. The van der Waals surface area contributed by atoms with E-state index in [0.29, 0.717) is 0 Å². The Morgan fingerprint density at radius 2 is 1.12 bits per heavy atom. The van der Waals surface area contributed by atoms with Crippen LogP contribution in [0, 0.1) is 0 Å². The molecular formula is H6ClKNaO4P. The molecule has 0 aromatic carbocycles. The van der Waals surface area contributed by atoms with Crippen molar-refractivity contribution >= 4 is 101 Å². The van der Waals surface area contributed by atoms with Gasteiger partial charge in [-0.15, -0.1) is 12.4 Å². The topological polar surface area (TPSA) is 77.8 Å². The zero-order valence-corrected chi connectivity index (χ0v) is 4.32. The number of halogens is 1. The van der Waals surface area contributed by atoms with Crippen LogP contribution in [0.15, 0.2) is 0 Å². The number of phosphoric acid groups is 1. The van der Waals surface area contributed by atoms with Gasteiger partial charge in [0.1, 0.15) is 0 Å². The van der Waals surface area contributed by atoms with Crippen molar-refractivity contribution in [2.45, 2.75) is 0 Å². The molecule has 0 unspecified atom stereocenters. The van der Waals surface area contributed by atoms with Crippen LogP contribution in [-0.2, 0) is 4.57 Å². The summed E-state index contributed by atoms with van der Waals surface area (Å²) in [6.07, 6.45) is 0. The molecule has 0 bridgehead atoms. The first-order valence-corrected chi connectivity index (χ1v) is 2.35. The summed E-state index contributed by atoms with van der Waals surface area (Å²) in [6, 6.07) is 0. The molecular weight excluding hydrogens is 193 g/mol. The van der Waals surface area contributed by atoms with Gasteiger partial charge in [0, 0.05) is 0 Å². The van der Waals surface area contributed by atoms with E-state index in [9.17, 15) is 0 Å². The van der Waals surface area contributed by atoms with Crippen LogP contribution in [0.5, 0.6) is 0 Å². The van der Waals surface area contributed by atoms with E-state index >= 15 is 0 Å². The quantitative estimate of drug-likeness (QED) is 0.317. The Morgan fingerprint density at radius 3 is 1.12 bits per heavy atom. The molecule has 0 radical (unpaired) electrons. The normalized spacial score (nSPS) is 7.38. The monoisotopic (exact) mass is 198 g/mol. The molecule has 0 aliphatic rings. The van der Waals surface area contributed by atoms with Crippen LogP contribution in [0.3, 0.4) is 0 Å². The van der Waals surface area contributed by atoms with Crippen molar-refractivity contribution in [3.05, 3.63) is 0 Å². The summed E-state index contributed by atoms with van der Waals surface area (Å²) in [6.45, 7) is 0. The van der Waals surface area contributed by atoms with Gasteiger partial charge in [-0.25, -0.2) is 4.57 Å². The van der Waals surface area contributed by atoms with Gasteiger partial charge in [-0.1, -0.05) is 0 Å². The van der Waals surface area contributed by atoms with Gasteiger partial charge in [0.2, 0.25) is 0 Å². The number of hydrogen-bond donors (Lipinski definition) is 3. The van der Waals surface area contributed by atoms with E-state index in [-0.39, 0.29) is 93.3 Å². The van der Waals surface area contributed by atoms with Crippen LogP contribution in [0.2, 0.25) is 0 Å². The van der Waals surface area contributed by atoms with Crippen LogP contribution in [0.4, 0.5) is 0 Å². The second-order valence-corrected chi connectivity index (χ2v) is 1.54. The molecule has 8 heavy (non-hydrogen) atoms. The molecule has 0 amide bonds. The molecule has 0 atom stereocenters. The summed E-state index contributed by atoms with van der Waals surface area (Å²) in [4.78, 5) is 21.6. The Balaban J connectivity index is -0.0000000267. The summed E-state index contributed by atoms with van der Waals surface area (Å²) >= 11 is 0. The van der Waals surface area contributed by atoms with Gasteiger partial charge in [0.05, 0.1) is 0 Å². The molecule has 0 aromatic heterocycles. The SMILES string of the molecule is Cl.O=P(O)(O)O.[KH].[NaH]. The van der Waals surface area contributed by atoms with E-state index in [1.165, 1.54) is 0 Å². The molecule has 0 rings (SSSR count). The molecule has 0 aromatic rings. The van der Waals surface area contributed by atoms with Gasteiger partial charge in [-0.3, -0.25) is 0 Å². The number of rotatable bonds is 0. The average Bonchev–Trinajstić information content (AvgIpc) is 0.722. The zero-order valence-electron chi connectivity index (χ0n) is 2.61. The first-order valence-electron chi connectivity index (χ1n) is 0.783. The van der Waals surface area contributed by atoms with Crippen molar-refractivity contribution in [1.82, 2.24) is 0 Å². The van der Waals surface area contributed by atoms with Crippen LogP contribution in [-0.4, -0.2) is 95.6 Å². The molecule has 0 heterocycles. The first-order chi connectivity index (χ1) is 2.00. The van der Waals surface area contributed by atoms with E-state index < -0.39 is 7.82 Å². The van der Waals surface area contributed by atoms with Crippen molar-refractivity contribution in [2.75, 3.05) is 0 Å². The van der Waals surface area contributed by atoms with Gasteiger partial charge < -0.3 is 14.7 Å². The van der Waals surface area contributed by atoms with Crippen molar-refractivity contribution in [2.24, 2.45) is 0 Å². The van der Waals surface area contributed by atoms with E-state index in [4.69, 9.17) is 19.2 Å². The number of hydrogen-bond acceptors (Lipinski definition) is 1. The van der Waals surface area contributed by atoms with Crippen molar-refractivity contribution in [3.8, 4) is 0 Å². The van der Waals surface area contributed by atoms with Crippen LogP contribution < -0.4 is 0 Å². The third kappa shape index (κ3) is 63.3. The molecule has 44 valence electrons. The van der Waals surface area contributed by atoms with Crippen molar-refractivity contribution in [1.29, 1.82) is 0 Å². The van der Waals surface area contributed by atoms with E-state index in [1.54, 1.807) is 0 Å². The molecule has 4 nitrogen and oxygen atoms in total. The third-order valence-electron chi connectivity index (χ3n) is 0. The molecule has 8 heteroatoms. The zero-order chi connectivity index (χ0) is 4.50. The second kappa shape index (κ2) is 10.0. The van der Waals surface area contributed by atoms with Gasteiger partial charge in [-0.2, -0.15) is 0 Å². The van der Waals surface area contributed by atoms with Gasteiger partial charge >= 0.3 is 88.8 Å². The molecule has 0 aliphatic heterocycles.